The zero-order valence-electron chi connectivity index (χ0n) is 12.7. The number of carboxylic acids is 1. The van der Waals surface area contributed by atoms with Gasteiger partial charge in [-0.05, 0) is 18.9 Å². The van der Waals surface area contributed by atoms with Crippen molar-refractivity contribution in [2.24, 2.45) is 0 Å². The summed E-state index contributed by atoms with van der Waals surface area (Å²) < 4.78 is 0. The van der Waals surface area contributed by atoms with Crippen molar-refractivity contribution in [3.8, 4) is 5.75 Å². The van der Waals surface area contributed by atoms with Crippen molar-refractivity contribution in [2.45, 2.75) is 58.3 Å². The second-order valence-corrected chi connectivity index (χ2v) is 4.97. The number of unbranched alkanes of at least 4 members (excludes halogenated alkanes) is 6. The van der Waals surface area contributed by atoms with Gasteiger partial charge in [-0.1, -0.05) is 68.9 Å². The quantitative estimate of drug-likeness (QED) is 0.538. The zero-order valence-corrected chi connectivity index (χ0v) is 14.7. The van der Waals surface area contributed by atoms with E-state index in [0.717, 1.165) is 12.8 Å². The third-order valence-electron chi connectivity index (χ3n) is 3.38. The van der Waals surface area contributed by atoms with Crippen molar-refractivity contribution in [1.82, 2.24) is 0 Å². The number of carbonyl (C=O) groups is 1. The van der Waals surface area contributed by atoms with E-state index in [1.807, 2.05) is 0 Å². The van der Waals surface area contributed by atoms with Crippen molar-refractivity contribution >= 4 is 5.97 Å². The largest absolute Gasteiger partial charge is 1.00 e. The molecular weight excluding hydrogens is 263 g/mol. The number of para-hydroxylation sites is 1. The molecule has 0 radical (unpaired) electrons. The van der Waals surface area contributed by atoms with E-state index < -0.39 is 5.97 Å². The van der Waals surface area contributed by atoms with Gasteiger partial charge in [0.1, 0.15) is 0 Å². The standard InChI is InChI=1S/C16H24O3.Na/c1-2-3-4-5-6-7-8-10-13-11-9-12-14(15(13)17)16(18)19;/h9,11-12,17H,2-8,10H2,1H3,(H,18,19);/q;+1/p-1. The van der Waals surface area contributed by atoms with Crippen LogP contribution in [-0.4, -0.2) is 11.1 Å². The predicted octanol–water partition coefficient (Wildman–Crippen LogP) is 0.755. The van der Waals surface area contributed by atoms with Crippen LogP contribution >= 0.6 is 0 Å². The molecule has 0 unspecified atom stereocenters. The van der Waals surface area contributed by atoms with E-state index in [0.29, 0.717) is 12.0 Å². The minimum atomic E-state index is -1.13. The van der Waals surface area contributed by atoms with Gasteiger partial charge in [0.25, 0.3) is 0 Å². The molecule has 0 heterocycles. The number of rotatable bonds is 9. The summed E-state index contributed by atoms with van der Waals surface area (Å²) in [6.07, 6.45) is 9.06. The summed E-state index contributed by atoms with van der Waals surface area (Å²) in [5.41, 5.74) is 0.522. The topological polar surface area (TPSA) is 60.4 Å². The number of hydrogen-bond acceptors (Lipinski definition) is 2. The second kappa shape index (κ2) is 11.2. The second-order valence-electron chi connectivity index (χ2n) is 4.97. The van der Waals surface area contributed by atoms with Gasteiger partial charge in [-0.15, -0.1) is 0 Å². The molecule has 1 rings (SSSR count). The summed E-state index contributed by atoms with van der Waals surface area (Å²) in [7, 11) is 0. The molecule has 0 atom stereocenters. The summed E-state index contributed by atoms with van der Waals surface area (Å²) in [5, 5.41) is 20.7. The van der Waals surface area contributed by atoms with Gasteiger partial charge in [0, 0.05) is 0 Å². The average molecular weight is 286 g/mol. The van der Waals surface area contributed by atoms with E-state index in [9.17, 15) is 9.90 Å². The molecule has 0 aliphatic rings. The minimum absolute atomic E-state index is 0. The molecular formula is C16H23NaO3. The van der Waals surface area contributed by atoms with Gasteiger partial charge >= 0.3 is 35.5 Å². The Morgan fingerprint density at radius 3 is 2.30 bits per heavy atom. The summed E-state index contributed by atoms with van der Waals surface area (Å²) in [4.78, 5) is 10.9. The van der Waals surface area contributed by atoms with Crippen LogP contribution in [0.15, 0.2) is 18.2 Å². The van der Waals surface area contributed by atoms with Crippen molar-refractivity contribution < 1.29 is 44.6 Å². The first kappa shape index (κ1) is 19.5. The maximum absolute atomic E-state index is 11.8. The molecule has 1 aromatic carbocycles. The fourth-order valence-corrected chi connectivity index (χ4v) is 2.22. The molecule has 1 aromatic rings. The fourth-order valence-electron chi connectivity index (χ4n) is 2.22. The first-order valence-corrected chi connectivity index (χ1v) is 7.19. The summed E-state index contributed by atoms with van der Waals surface area (Å²) in [5.74, 6) is -1.45. The maximum Gasteiger partial charge on any atom is 1.00 e. The molecule has 0 fully saturated rings. The molecule has 4 heteroatoms. The van der Waals surface area contributed by atoms with Crippen molar-refractivity contribution in [3.05, 3.63) is 29.3 Å². The Balaban J connectivity index is 0.00000361. The molecule has 0 amide bonds. The predicted molar refractivity (Wildman–Crippen MR) is 74.5 cm³/mol. The smallest absolute Gasteiger partial charge is 0.872 e. The third-order valence-corrected chi connectivity index (χ3v) is 3.38. The Morgan fingerprint density at radius 2 is 1.70 bits per heavy atom. The van der Waals surface area contributed by atoms with Gasteiger partial charge < -0.3 is 10.2 Å². The van der Waals surface area contributed by atoms with Crippen LogP contribution in [0.4, 0.5) is 0 Å². The summed E-state index contributed by atoms with van der Waals surface area (Å²) in [6.45, 7) is 2.20. The van der Waals surface area contributed by atoms with E-state index in [1.54, 1.807) is 12.1 Å². The number of carboxylic acid groups (broad SMARTS) is 1. The first-order chi connectivity index (χ1) is 9.16. The van der Waals surface area contributed by atoms with Crippen LogP contribution in [0.5, 0.6) is 5.75 Å². The van der Waals surface area contributed by atoms with Gasteiger partial charge in [0.2, 0.25) is 0 Å². The SMILES string of the molecule is CCCCCCCCCc1cccc(C(=O)O)c1[O-].[Na+]. The Bertz CT molecular complexity index is 405. The van der Waals surface area contributed by atoms with Gasteiger partial charge in [0.05, 0.1) is 5.56 Å². The van der Waals surface area contributed by atoms with Crippen LogP contribution in [0.25, 0.3) is 0 Å². The number of aryl methyl sites for hydroxylation is 1. The molecule has 0 aromatic heterocycles. The van der Waals surface area contributed by atoms with E-state index >= 15 is 0 Å². The van der Waals surface area contributed by atoms with Crippen molar-refractivity contribution in [1.29, 1.82) is 0 Å². The van der Waals surface area contributed by atoms with Crippen LogP contribution in [0.2, 0.25) is 0 Å². The molecule has 0 aliphatic heterocycles. The van der Waals surface area contributed by atoms with E-state index in [1.165, 1.54) is 38.2 Å². The summed E-state index contributed by atoms with van der Waals surface area (Å²) in [6, 6.07) is 4.77. The van der Waals surface area contributed by atoms with Crippen molar-refractivity contribution in [2.75, 3.05) is 0 Å². The zero-order chi connectivity index (χ0) is 14.1. The van der Waals surface area contributed by atoms with Crippen LogP contribution in [0.1, 0.15) is 67.8 Å². The van der Waals surface area contributed by atoms with E-state index in [4.69, 9.17) is 5.11 Å². The number of benzene rings is 1. The monoisotopic (exact) mass is 286 g/mol. The normalized spacial score (nSPS) is 10.1. The molecule has 0 saturated carbocycles. The first-order valence-electron chi connectivity index (χ1n) is 7.19. The molecule has 106 valence electrons. The Morgan fingerprint density at radius 1 is 1.10 bits per heavy atom. The average Bonchev–Trinajstić information content (AvgIpc) is 2.39. The molecule has 0 aliphatic carbocycles. The van der Waals surface area contributed by atoms with E-state index in [2.05, 4.69) is 6.92 Å². The van der Waals surface area contributed by atoms with E-state index in [-0.39, 0.29) is 40.9 Å². The molecule has 0 bridgehead atoms. The molecule has 1 N–H and O–H groups in total. The van der Waals surface area contributed by atoms with Gasteiger partial charge in [-0.2, -0.15) is 0 Å². The molecule has 0 saturated heterocycles. The Hall–Kier alpha value is -0.510. The number of hydrogen-bond donors (Lipinski definition) is 1. The summed E-state index contributed by atoms with van der Waals surface area (Å²) >= 11 is 0. The van der Waals surface area contributed by atoms with Crippen LogP contribution in [-0.2, 0) is 6.42 Å². The Kier molecular flexibility index (Phi) is 10.9. The third kappa shape index (κ3) is 6.78. The van der Waals surface area contributed by atoms with Crippen LogP contribution in [0.3, 0.4) is 0 Å². The minimum Gasteiger partial charge on any atom is -0.872 e. The van der Waals surface area contributed by atoms with Gasteiger partial charge in [-0.25, -0.2) is 4.79 Å². The number of aromatic carboxylic acids is 1. The maximum atomic E-state index is 11.8. The fraction of sp³-hybridized carbons (Fsp3) is 0.562. The molecule has 3 nitrogen and oxygen atoms in total. The van der Waals surface area contributed by atoms with Gasteiger partial charge in [0.15, 0.2) is 0 Å². The van der Waals surface area contributed by atoms with Crippen molar-refractivity contribution in [3.63, 3.8) is 0 Å². The Labute approximate surface area is 143 Å². The van der Waals surface area contributed by atoms with Crippen LogP contribution < -0.4 is 34.7 Å². The molecule has 0 spiro atoms. The molecule has 20 heavy (non-hydrogen) atoms. The van der Waals surface area contributed by atoms with Crippen LogP contribution in [0, 0.1) is 0 Å². The van der Waals surface area contributed by atoms with Gasteiger partial charge in [-0.3, -0.25) is 0 Å².